The van der Waals surface area contributed by atoms with Crippen LogP contribution in [0.3, 0.4) is 0 Å². The highest BCUT2D eigenvalue weighted by molar-refractivity contribution is 7.09. The average molecular weight is 294 g/mol. The molecule has 1 atom stereocenters. The zero-order chi connectivity index (χ0) is 14.2. The molecule has 0 saturated carbocycles. The van der Waals surface area contributed by atoms with E-state index in [2.05, 4.69) is 10.3 Å². The quantitative estimate of drug-likeness (QED) is 0.760. The Bertz CT molecular complexity index is 504. The number of benzene rings is 1. The Kier molecular flexibility index (Phi) is 6.11. The van der Waals surface area contributed by atoms with E-state index in [1.165, 1.54) is 6.07 Å². The van der Waals surface area contributed by atoms with Crippen LogP contribution >= 0.6 is 11.3 Å². The zero-order valence-corrected chi connectivity index (χ0v) is 12.3. The van der Waals surface area contributed by atoms with Crippen LogP contribution in [-0.2, 0) is 11.2 Å². The molecule has 0 spiro atoms. The van der Waals surface area contributed by atoms with Gasteiger partial charge in [-0.1, -0.05) is 18.2 Å². The molecule has 3 nitrogen and oxygen atoms in total. The summed E-state index contributed by atoms with van der Waals surface area (Å²) in [5.74, 6) is -0.0678. The maximum Gasteiger partial charge on any atom is 0.126 e. The van der Waals surface area contributed by atoms with Gasteiger partial charge in [-0.3, -0.25) is 0 Å². The highest BCUT2D eigenvalue weighted by atomic mass is 32.1. The molecule has 2 rings (SSSR count). The Balaban J connectivity index is 2.05. The standard InChI is InChI=1S/C15H19FN2OS/c1-19-8-6-17-11-12(10-15-18-7-9-20-15)13-4-2-3-5-14(13)16/h2-5,7,9,12,17H,6,8,10-11H2,1H3. The number of hydrogen-bond acceptors (Lipinski definition) is 4. The number of nitrogens with zero attached hydrogens (tertiary/aromatic N) is 1. The molecule has 0 saturated heterocycles. The van der Waals surface area contributed by atoms with Gasteiger partial charge in [0, 0.05) is 44.1 Å². The maximum atomic E-state index is 14.0. The molecule has 1 aromatic heterocycles. The van der Waals surface area contributed by atoms with E-state index in [0.717, 1.165) is 23.5 Å². The van der Waals surface area contributed by atoms with Crippen LogP contribution in [0, 0.1) is 5.82 Å². The largest absolute Gasteiger partial charge is 0.383 e. The van der Waals surface area contributed by atoms with Crippen LogP contribution in [0.1, 0.15) is 16.5 Å². The Morgan fingerprint density at radius 2 is 2.25 bits per heavy atom. The molecule has 0 amide bonds. The molecule has 20 heavy (non-hydrogen) atoms. The fourth-order valence-electron chi connectivity index (χ4n) is 2.11. The smallest absolute Gasteiger partial charge is 0.126 e. The van der Waals surface area contributed by atoms with Gasteiger partial charge in [0.2, 0.25) is 0 Å². The van der Waals surface area contributed by atoms with Crippen LogP contribution in [0.4, 0.5) is 4.39 Å². The number of rotatable bonds is 8. The van der Waals surface area contributed by atoms with Crippen molar-refractivity contribution in [3.05, 3.63) is 52.2 Å². The van der Waals surface area contributed by atoms with Gasteiger partial charge in [-0.2, -0.15) is 0 Å². The lowest BCUT2D eigenvalue weighted by atomic mass is 9.95. The van der Waals surface area contributed by atoms with Crippen LogP contribution in [0.5, 0.6) is 0 Å². The number of thiazole rings is 1. The van der Waals surface area contributed by atoms with Crippen LogP contribution in [0.15, 0.2) is 35.8 Å². The van der Waals surface area contributed by atoms with E-state index < -0.39 is 0 Å². The molecule has 1 heterocycles. The molecule has 1 N–H and O–H groups in total. The van der Waals surface area contributed by atoms with Crippen LogP contribution in [0.2, 0.25) is 0 Å². The molecule has 108 valence electrons. The molecule has 0 fully saturated rings. The molecule has 1 aromatic carbocycles. The Morgan fingerprint density at radius 3 is 2.95 bits per heavy atom. The van der Waals surface area contributed by atoms with Crippen molar-refractivity contribution in [2.24, 2.45) is 0 Å². The van der Waals surface area contributed by atoms with Gasteiger partial charge in [-0.25, -0.2) is 9.37 Å². The summed E-state index contributed by atoms with van der Waals surface area (Å²) in [4.78, 5) is 4.30. The molecule has 0 aliphatic heterocycles. The number of nitrogens with one attached hydrogen (secondary N) is 1. The van der Waals surface area contributed by atoms with E-state index in [9.17, 15) is 4.39 Å². The second-order valence-electron chi connectivity index (χ2n) is 4.55. The third-order valence-electron chi connectivity index (χ3n) is 3.12. The number of aromatic nitrogens is 1. The fraction of sp³-hybridized carbons (Fsp3) is 0.400. The molecule has 0 aliphatic carbocycles. The number of ether oxygens (including phenoxy) is 1. The minimum absolute atomic E-state index is 0.0826. The Hall–Kier alpha value is -1.30. The van der Waals surface area contributed by atoms with Gasteiger partial charge in [0.25, 0.3) is 0 Å². The van der Waals surface area contributed by atoms with Gasteiger partial charge in [0.15, 0.2) is 0 Å². The predicted octanol–water partition coefficient (Wildman–Crippen LogP) is 2.84. The number of halogens is 1. The first-order valence-corrected chi connectivity index (χ1v) is 7.51. The topological polar surface area (TPSA) is 34.1 Å². The van der Waals surface area contributed by atoms with Crippen molar-refractivity contribution in [2.45, 2.75) is 12.3 Å². The first-order chi connectivity index (χ1) is 9.81. The number of methoxy groups -OCH3 is 1. The van der Waals surface area contributed by atoms with Crippen molar-refractivity contribution in [1.82, 2.24) is 10.3 Å². The highest BCUT2D eigenvalue weighted by Crippen LogP contribution is 2.23. The normalized spacial score (nSPS) is 12.5. The van der Waals surface area contributed by atoms with Crippen molar-refractivity contribution in [3.63, 3.8) is 0 Å². The minimum Gasteiger partial charge on any atom is -0.383 e. The first-order valence-electron chi connectivity index (χ1n) is 6.63. The van der Waals surface area contributed by atoms with E-state index in [0.29, 0.717) is 13.2 Å². The second kappa shape index (κ2) is 8.09. The molecular formula is C15H19FN2OS. The van der Waals surface area contributed by atoms with Gasteiger partial charge < -0.3 is 10.1 Å². The molecule has 2 aromatic rings. The van der Waals surface area contributed by atoms with Gasteiger partial charge in [0.1, 0.15) is 5.82 Å². The zero-order valence-electron chi connectivity index (χ0n) is 11.5. The molecule has 0 radical (unpaired) electrons. The summed E-state index contributed by atoms with van der Waals surface area (Å²) in [5.41, 5.74) is 0.743. The summed E-state index contributed by atoms with van der Waals surface area (Å²) in [6, 6.07) is 6.96. The second-order valence-corrected chi connectivity index (χ2v) is 5.52. The van der Waals surface area contributed by atoms with E-state index in [4.69, 9.17) is 4.74 Å². The molecule has 5 heteroatoms. The lowest BCUT2D eigenvalue weighted by molar-refractivity contribution is 0.199. The molecule has 1 unspecified atom stereocenters. The first kappa shape index (κ1) is 15.1. The Labute approximate surface area is 122 Å². The SMILES string of the molecule is COCCNCC(Cc1nccs1)c1ccccc1F. The van der Waals surface area contributed by atoms with Gasteiger partial charge in [-0.05, 0) is 11.6 Å². The van der Waals surface area contributed by atoms with E-state index in [1.54, 1.807) is 30.7 Å². The predicted molar refractivity (Wildman–Crippen MR) is 79.7 cm³/mol. The minimum atomic E-state index is -0.150. The van der Waals surface area contributed by atoms with E-state index >= 15 is 0 Å². The molecule has 0 aliphatic rings. The highest BCUT2D eigenvalue weighted by Gasteiger charge is 2.17. The number of hydrogen-bond donors (Lipinski definition) is 1. The lowest BCUT2D eigenvalue weighted by Gasteiger charge is -2.17. The summed E-state index contributed by atoms with van der Waals surface area (Å²) in [7, 11) is 1.67. The van der Waals surface area contributed by atoms with Crippen LogP contribution < -0.4 is 5.32 Å². The summed E-state index contributed by atoms with van der Waals surface area (Å²) < 4.78 is 19.0. The van der Waals surface area contributed by atoms with Gasteiger partial charge in [-0.15, -0.1) is 11.3 Å². The van der Waals surface area contributed by atoms with Crippen molar-refractivity contribution >= 4 is 11.3 Å². The summed E-state index contributed by atoms with van der Waals surface area (Å²) >= 11 is 1.61. The van der Waals surface area contributed by atoms with Gasteiger partial charge in [0.05, 0.1) is 11.6 Å². The maximum absolute atomic E-state index is 14.0. The molecular weight excluding hydrogens is 275 g/mol. The van der Waals surface area contributed by atoms with Crippen molar-refractivity contribution in [2.75, 3.05) is 26.8 Å². The Morgan fingerprint density at radius 1 is 1.40 bits per heavy atom. The van der Waals surface area contributed by atoms with Crippen LogP contribution in [-0.4, -0.2) is 31.8 Å². The van der Waals surface area contributed by atoms with Gasteiger partial charge >= 0.3 is 0 Å². The van der Waals surface area contributed by atoms with E-state index in [1.807, 2.05) is 17.5 Å². The van der Waals surface area contributed by atoms with Crippen molar-refractivity contribution < 1.29 is 9.13 Å². The monoisotopic (exact) mass is 294 g/mol. The van der Waals surface area contributed by atoms with Crippen LogP contribution in [0.25, 0.3) is 0 Å². The third kappa shape index (κ3) is 4.37. The third-order valence-corrected chi connectivity index (χ3v) is 3.93. The fourth-order valence-corrected chi connectivity index (χ4v) is 2.81. The summed E-state index contributed by atoms with van der Waals surface area (Å²) in [6.45, 7) is 2.13. The average Bonchev–Trinajstić information content (AvgIpc) is 2.96. The summed E-state index contributed by atoms with van der Waals surface area (Å²) in [5, 5.41) is 6.29. The van der Waals surface area contributed by atoms with Crippen molar-refractivity contribution in [1.29, 1.82) is 0 Å². The lowest BCUT2D eigenvalue weighted by Crippen LogP contribution is -2.26. The van der Waals surface area contributed by atoms with Crippen molar-refractivity contribution in [3.8, 4) is 0 Å². The van der Waals surface area contributed by atoms with E-state index in [-0.39, 0.29) is 11.7 Å². The molecule has 0 bridgehead atoms. The summed E-state index contributed by atoms with van der Waals surface area (Å²) in [6.07, 6.45) is 2.54.